The van der Waals surface area contributed by atoms with Crippen molar-refractivity contribution in [1.29, 1.82) is 0 Å². The summed E-state index contributed by atoms with van der Waals surface area (Å²) in [5, 5.41) is 3.43. The number of anilines is 2. The van der Waals surface area contributed by atoms with Crippen LogP contribution in [-0.2, 0) is 6.54 Å². The zero-order valence-electron chi connectivity index (χ0n) is 14.1. The molecule has 3 aromatic rings. The smallest absolute Gasteiger partial charge is 0.227 e. The highest BCUT2D eigenvalue weighted by Gasteiger charge is 2.17. The molecule has 1 aliphatic heterocycles. The van der Waals surface area contributed by atoms with Crippen molar-refractivity contribution >= 4 is 11.8 Å². The van der Waals surface area contributed by atoms with Crippen molar-refractivity contribution in [2.75, 3.05) is 23.3 Å². The van der Waals surface area contributed by atoms with Crippen LogP contribution >= 0.6 is 0 Å². The summed E-state index contributed by atoms with van der Waals surface area (Å²) in [5.74, 6) is 1.67. The predicted octanol–water partition coefficient (Wildman–Crippen LogP) is 3.75. The van der Waals surface area contributed by atoms with Crippen molar-refractivity contribution in [2.45, 2.75) is 19.4 Å². The second-order valence-corrected chi connectivity index (χ2v) is 6.21. The Morgan fingerprint density at radius 1 is 0.920 bits per heavy atom. The highest BCUT2D eigenvalue weighted by atomic mass is 15.3. The van der Waals surface area contributed by atoms with Gasteiger partial charge in [0.15, 0.2) is 0 Å². The Hall–Kier alpha value is -2.95. The maximum atomic E-state index is 4.81. The number of aromatic nitrogens is 3. The first-order valence-electron chi connectivity index (χ1n) is 8.71. The fourth-order valence-electron chi connectivity index (χ4n) is 3.03. The van der Waals surface area contributed by atoms with E-state index in [1.165, 1.54) is 18.4 Å². The molecule has 126 valence electrons. The Morgan fingerprint density at radius 3 is 2.44 bits per heavy atom. The monoisotopic (exact) mass is 331 g/mol. The van der Waals surface area contributed by atoms with E-state index in [-0.39, 0.29) is 0 Å². The third-order valence-electron chi connectivity index (χ3n) is 4.40. The lowest BCUT2D eigenvalue weighted by Gasteiger charge is -2.18. The van der Waals surface area contributed by atoms with Crippen LogP contribution in [0.5, 0.6) is 0 Å². The van der Waals surface area contributed by atoms with Crippen molar-refractivity contribution in [3.05, 3.63) is 66.5 Å². The van der Waals surface area contributed by atoms with Crippen LogP contribution in [0.1, 0.15) is 18.4 Å². The van der Waals surface area contributed by atoms with E-state index >= 15 is 0 Å². The Balaban J connectivity index is 1.63. The minimum atomic E-state index is 0.715. The van der Waals surface area contributed by atoms with E-state index in [0.717, 1.165) is 36.1 Å². The van der Waals surface area contributed by atoms with E-state index < -0.39 is 0 Å². The zero-order chi connectivity index (χ0) is 16.9. The number of hydrogen-bond acceptors (Lipinski definition) is 5. The molecule has 1 aliphatic rings. The predicted molar refractivity (Wildman–Crippen MR) is 100 cm³/mol. The average Bonchev–Trinajstić information content (AvgIpc) is 3.23. The van der Waals surface area contributed by atoms with Gasteiger partial charge in [-0.25, -0.2) is 4.98 Å². The molecule has 0 amide bonds. The molecule has 4 rings (SSSR count). The Morgan fingerprint density at radius 2 is 1.68 bits per heavy atom. The van der Waals surface area contributed by atoms with E-state index in [9.17, 15) is 0 Å². The molecular weight excluding hydrogens is 310 g/mol. The molecule has 5 heteroatoms. The largest absolute Gasteiger partial charge is 0.366 e. The Labute approximate surface area is 147 Å². The molecule has 3 heterocycles. The number of hydrogen-bond donors (Lipinski definition) is 1. The molecule has 0 atom stereocenters. The molecule has 25 heavy (non-hydrogen) atoms. The zero-order valence-corrected chi connectivity index (χ0v) is 14.1. The molecule has 1 N–H and O–H groups in total. The second kappa shape index (κ2) is 7.30. The van der Waals surface area contributed by atoms with Crippen molar-refractivity contribution < 1.29 is 0 Å². The maximum absolute atomic E-state index is 4.81. The normalized spacial score (nSPS) is 13.8. The number of rotatable bonds is 5. The molecule has 2 aromatic heterocycles. The first kappa shape index (κ1) is 15.6. The summed E-state index contributed by atoms with van der Waals surface area (Å²) in [6, 6.07) is 16.3. The highest BCUT2D eigenvalue weighted by Crippen LogP contribution is 2.25. The Kier molecular flexibility index (Phi) is 4.55. The van der Waals surface area contributed by atoms with E-state index in [0.29, 0.717) is 6.54 Å². The number of nitrogens with one attached hydrogen (secondary N) is 1. The molecule has 5 nitrogen and oxygen atoms in total. The van der Waals surface area contributed by atoms with Gasteiger partial charge in [0.05, 0.1) is 5.69 Å². The van der Waals surface area contributed by atoms with Crippen LogP contribution in [0.3, 0.4) is 0 Å². The van der Waals surface area contributed by atoms with Gasteiger partial charge in [-0.2, -0.15) is 4.98 Å². The molecule has 1 saturated heterocycles. The standard InChI is InChI=1S/C20H21N5/c1-2-6-17(7-3-1)18-14-19(22-15-16-8-10-21-11-9-16)24-20(23-18)25-12-4-5-13-25/h1-3,6-11,14H,4-5,12-13,15H2,(H,22,23,24). The molecule has 1 fully saturated rings. The lowest BCUT2D eigenvalue weighted by atomic mass is 10.1. The summed E-state index contributed by atoms with van der Waals surface area (Å²) >= 11 is 0. The highest BCUT2D eigenvalue weighted by molar-refractivity contribution is 5.64. The van der Waals surface area contributed by atoms with Crippen molar-refractivity contribution in [3.63, 3.8) is 0 Å². The summed E-state index contributed by atoms with van der Waals surface area (Å²) in [7, 11) is 0. The maximum Gasteiger partial charge on any atom is 0.227 e. The fourth-order valence-corrected chi connectivity index (χ4v) is 3.03. The second-order valence-electron chi connectivity index (χ2n) is 6.21. The number of pyridine rings is 1. The quantitative estimate of drug-likeness (QED) is 0.771. The van der Waals surface area contributed by atoms with Crippen LogP contribution < -0.4 is 10.2 Å². The Bertz CT molecular complexity index is 814. The van der Waals surface area contributed by atoms with Crippen LogP contribution in [0.2, 0.25) is 0 Å². The van der Waals surface area contributed by atoms with Crippen molar-refractivity contribution in [1.82, 2.24) is 15.0 Å². The third kappa shape index (κ3) is 3.76. The van der Waals surface area contributed by atoms with Gasteiger partial charge in [-0.15, -0.1) is 0 Å². The summed E-state index contributed by atoms with van der Waals surface area (Å²) < 4.78 is 0. The molecule has 0 radical (unpaired) electrons. The fraction of sp³-hybridized carbons (Fsp3) is 0.250. The molecule has 0 spiro atoms. The van der Waals surface area contributed by atoms with Crippen LogP contribution in [-0.4, -0.2) is 28.0 Å². The number of benzene rings is 1. The molecule has 0 saturated carbocycles. The van der Waals surface area contributed by atoms with Gasteiger partial charge in [0.2, 0.25) is 5.95 Å². The van der Waals surface area contributed by atoms with Crippen LogP contribution in [0.15, 0.2) is 60.9 Å². The van der Waals surface area contributed by atoms with Gasteiger partial charge in [-0.1, -0.05) is 30.3 Å². The van der Waals surface area contributed by atoms with Crippen LogP contribution in [0.25, 0.3) is 11.3 Å². The molecular formula is C20H21N5. The summed E-state index contributed by atoms with van der Waals surface area (Å²) in [4.78, 5) is 15.9. The minimum absolute atomic E-state index is 0.715. The van der Waals surface area contributed by atoms with E-state index in [1.807, 2.05) is 48.8 Å². The first-order valence-corrected chi connectivity index (χ1v) is 8.71. The topological polar surface area (TPSA) is 53.9 Å². The van der Waals surface area contributed by atoms with Gasteiger partial charge in [0, 0.05) is 43.7 Å². The van der Waals surface area contributed by atoms with E-state index in [1.54, 1.807) is 0 Å². The number of nitrogens with zero attached hydrogens (tertiary/aromatic N) is 4. The van der Waals surface area contributed by atoms with Gasteiger partial charge in [-0.05, 0) is 30.5 Å². The van der Waals surface area contributed by atoms with E-state index in [2.05, 4.69) is 27.3 Å². The van der Waals surface area contributed by atoms with Crippen LogP contribution in [0.4, 0.5) is 11.8 Å². The summed E-state index contributed by atoms with van der Waals surface area (Å²) in [6.45, 7) is 2.78. The van der Waals surface area contributed by atoms with Crippen LogP contribution in [0, 0.1) is 0 Å². The van der Waals surface area contributed by atoms with Gasteiger partial charge in [0.1, 0.15) is 5.82 Å². The first-order chi connectivity index (χ1) is 12.4. The SMILES string of the molecule is c1ccc(-c2cc(NCc3ccncc3)nc(N3CCCC3)n2)cc1. The minimum Gasteiger partial charge on any atom is -0.366 e. The van der Waals surface area contributed by atoms with Gasteiger partial charge in [-0.3, -0.25) is 4.98 Å². The van der Waals surface area contributed by atoms with E-state index in [4.69, 9.17) is 9.97 Å². The summed E-state index contributed by atoms with van der Waals surface area (Å²) in [6.07, 6.45) is 6.03. The van der Waals surface area contributed by atoms with Crippen molar-refractivity contribution in [3.8, 4) is 11.3 Å². The lowest BCUT2D eigenvalue weighted by Crippen LogP contribution is -2.21. The average molecular weight is 331 g/mol. The van der Waals surface area contributed by atoms with Gasteiger partial charge in [0.25, 0.3) is 0 Å². The lowest BCUT2D eigenvalue weighted by molar-refractivity contribution is 0.898. The summed E-state index contributed by atoms with van der Waals surface area (Å²) in [5.41, 5.74) is 3.24. The van der Waals surface area contributed by atoms with Crippen molar-refractivity contribution in [2.24, 2.45) is 0 Å². The molecule has 0 unspecified atom stereocenters. The molecule has 1 aromatic carbocycles. The molecule has 0 aliphatic carbocycles. The third-order valence-corrected chi connectivity index (χ3v) is 4.40. The molecule has 0 bridgehead atoms. The van der Waals surface area contributed by atoms with Gasteiger partial charge >= 0.3 is 0 Å². The van der Waals surface area contributed by atoms with Gasteiger partial charge < -0.3 is 10.2 Å².